The van der Waals surface area contributed by atoms with Gasteiger partial charge in [-0.3, -0.25) is 0 Å². The third-order valence-electron chi connectivity index (χ3n) is 5.19. The molecule has 5 rings (SSSR count). The van der Waals surface area contributed by atoms with E-state index in [0.717, 1.165) is 16.9 Å². The Kier molecular flexibility index (Phi) is 5.12. The topological polar surface area (TPSA) is 48.3 Å². The van der Waals surface area contributed by atoms with Gasteiger partial charge in [-0.25, -0.2) is 12.4 Å². The van der Waals surface area contributed by atoms with Gasteiger partial charge in [0.25, 0.3) is 10.0 Å². The molecule has 0 N–H and O–H groups in total. The lowest BCUT2D eigenvalue weighted by atomic mass is 10.1. The van der Waals surface area contributed by atoms with Gasteiger partial charge in [0.05, 0.1) is 12.0 Å². The summed E-state index contributed by atoms with van der Waals surface area (Å²) in [6, 6.07) is 26.7. The normalized spacial score (nSPS) is 14.9. The Morgan fingerprint density at radius 2 is 1.39 bits per heavy atom. The molecule has 7 heteroatoms. The van der Waals surface area contributed by atoms with Crippen LogP contribution in [0.5, 0.6) is 5.75 Å². The zero-order valence-electron chi connectivity index (χ0n) is 16.6. The van der Waals surface area contributed by atoms with E-state index in [1.807, 2.05) is 48.5 Å². The molecule has 1 aliphatic heterocycles. The van der Waals surface area contributed by atoms with Crippen molar-refractivity contribution in [3.8, 4) is 5.75 Å². The second kappa shape index (κ2) is 7.82. The summed E-state index contributed by atoms with van der Waals surface area (Å²) in [7, 11) is -2.01. The molecule has 4 nitrogen and oxygen atoms in total. The van der Waals surface area contributed by atoms with Crippen molar-refractivity contribution in [1.29, 1.82) is 0 Å². The smallest absolute Gasteiger partial charge is 0.267 e. The monoisotopic (exact) mass is 465 g/mol. The van der Waals surface area contributed by atoms with E-state index in [-0.39, 0.29) is 4.90 Å². The van der Waals surface area contributed by atoms with Crippen LogP contribution in [-0.4, -0.2) is 19.5 Å². The Bertz CT molecular complexity index is 1310. The Labute approximate surface area is 190 Å². The number of nitrogens with zero attached hydrogens (tertiary/aromatic N) is 1. The first-order valence-corrected chi connectivity index (χ1v) is 12.7. The highest BCUT2D eigenvalue weighted by molar-refractivity contribution is 8.20. The molecule has 0 radical (unpaired) electrons. The van der Waals surface area contributed by atoms with Crippen molar-refractivity contribution in [3.05, 3.63) is 108 Å². The number of hydrogen-bond acceptors (Lipinski definition) is 5. The fourth-order valence-electron chi connectivity index (χ4n) is 3.60. The lowest BCUT2D eigenvalue weighted by Crippen LogP contribution is -2.17. The maximum atomic E-state index is 13.1. The largest absolute Gasteiger partial charge is 0.497 e. The number of methoxy groups -OCH3 is 1. The van der Waals surface area contributed by atoms with Crippen LogP contribution in [0, 0.1) is 0 Å². The summed E-state index contributed by atoms with van der Waals surface area (Å²) in [6.07, 6.45) is 3.37. The van der Waals surface area contributed by atoms with Crippen LogP contribution >= 0.6 is 23.5 Å². The quantitative estimate of drug-likeness (QED) is 0.371. The molecule has 0 amide bonds. The molecular formula is C24H19NO3S3. The van der Waals surface area contributed by atoms with E-state index in [1.165, 1.54) is 13.8 Å². The molecule has 4 aromatic rings. The lowest BCUT2D eigenvalue weighted by Gasteiger charge is -2.27. The highest BCUT2D eigenvalue weighted by Crippen LogP contribution is 2.64. The number of hydrogen-bond donors (Lipinski definition) is 0. The van der Waals surface area contributed by atoms with Crippen molar-refractivity contribution < 1.29 is 13.2 Å². The third-order valence-corrected chi connectivity index (χ3v) is 10.1. The maximum absolute atomic E-state index is 13.1. The van der Waals surface area contributed by atoms with Gasteiger partial charge >= 0.3 is 0 Å². The number of fused-ring (bicyclic) bond motifs is 1. The van der Waals surface area contributed by atoms with Gasteiger partial charge in [0.2, 0.25) is 0 Å². The molecule has 3 aromatic carbocycles. The first-order valence-electron chi connectivity index (χ1n) is 9.64. The van der Waals surface area contributed by atoms with E-state index in [9.17, 15) is 8.42 Å². The van der Waals surface area contributed by atoms with Gasteiger partial charge < -0.3 is 4.74 Å². The van der Waals surface area contributed by atoms with Gasteiger partial charge in [-0.15, -0.1) is 0 Å². The summed E-state index contributed by atoms with van der Waals surface area (Å²) in [5.41, 5.74) is 2.00. The predicted octanol–water partition coefficient (Wildman–Crippen LogP) is 5.83. The van der Waals surface area contributed by atoms with Crippen molar-refractivity contribution in [2.45, 2.75) is 18.8 Å². The molecule has 0 unspecified atom stereocenters. The van der Waals surface area contributed by atoms with Crippen LogP contribution in [0.25, 0.3) is 0 Å². The number of benzene rings is 3. The standard InChI is InChI=1S/C24H19NO3S3/c1-28-20-13-11-18(12-14-20)24(29-22-9-5-6-10-23(22)30-24)19-15-16-25(17-19)31(26,27)21-7-3-2-4-8-21/h2-17H,1H3. The van der Waals surface area contributed by atoms with Crippen molar-refractivity contribution in [3.63, 3.8) is 0 Å². The first kappa shape index (κ1) is 20.3. The molecule has 0 saturated carbocycles. The molecule has 0 bridgehead atoms. The van der Waals surface area contributed by atoms with E-state index < -0.39 is 14.1 Å². The molecule has 0 aliphatic carbocycles. The molecule has 0 spiro atoms. The maximum Gasteiger partial charge on any atom is 0.267 e. The van der Waals surface area contributed by atoms with Gasteiger partial charge in [0, 0.05) is 27.7 Å². The summed E-state index contributed by atoms with van der Waals surface area (Å²) in [5, 5.41) is 0. The Balaban J connectivity index is 1.62. The zero-order valence-corrected chi connectivity index (χ0v) is 19.1. The molecule has 0 fully saturated rings. The summed E-state index contributed by atoms with van der Waals surface area (Å²) in [4.78, 5) is 2.63. The van der Waals surface area contributed by atoms with Crippen molar-refractivity contribution >= 4 is 33.5 Å². The summed E-state index contributed by atoms with van der Waals surface area (Å²) in [6.45, 7) is 0. The average Bonchev–Trinajstić information content (AvgIpc) is 3.46. The third kappa shape index (κ3) is 3.46. The first-order chi connectivity index (χ1) is 15.0. The van der Waals surface area contributed by atoms with Crippen LogP contribution in [0.15, 0.2) is 112 Å². The summed E-state index contributed by atoms with van der Waals surface area (Å²) >= 11 is 3.47. The van der Waals surface area contributed by atoms with Crippen LogP contribution in [-0.2, 0) is 14.1 Å². The number of rotatable bonds is 5. The SMILES string of the molecule is COc1ccc(C2(c3ccn(S(=O)(=O)c4ccccc4)c3)Sc3ccccc3S2)cc1. The highest BCUT2D eigenvalue weighted by atomic mass is 32.2. The van der Waals surface area contributed by atoms with Crippen LogP contribution < -0.4 is 4.74 Å². The van der Waals surface area contributed by atoms with Gasteiger partial charge in [0.1, 0.15) is 9.83 Å². The second-order valence-corrected chi connectivity index (χ2v) is 11.7. The number of aromatic nitrogens is 1. The summed E-state index contributed by atoms with van der Waals surface area (Å²) in [5.74, 6) is 0.786. The van der Waals surface area contributed by atoms with E-state index in [1.54, 1.807) is 67.3 Å². The van der Waals surface area contributed by atoms with Crippen molar-refractivity contribution in [2.75, 3.05) is 7.11 Å². The van der Waals surface area contributed by atoms with E-state index >= 15 is 0 Å². The van der Waals surface area contributed by atoms with Crippen molar-refractivity contribution in [2.24, 2.45) is 0 Å². The van der Waals surface area contributed by atoms with E-state index in [4.69, 9.17) is 4.74 Å². The van der Waals surface area contributed by atoms with Gasteiger partial charge in [-0.1, -0.05) is 66.0 Å². The van der Waals surface area contributed by atoms with E-state index in [0.29, 0.717) is 0 Å². The second-order valence-electron chi connectivity index (χ2n) is 7.04. The molecule has 0 saturated heterocycles. The minimum absolute atomic E-state index is 0.269. The number of thioether (sulfide) groups is 2. The Morgan fingerprint density at radius 3 is 2.00 bits per heavy atom. The van der Waals surface area contributed by atoms with Crippen LogP contribution in [0.2, 0.25) is 0 Å². The zero-order chi connectivity index (χ0) is 21.5. The fourth-order valence-corrected chi connectivity index (χ4v) is 8.01. The van der Waals surface area contributed by atoms with Crippen LogP contribution in [0.1, 0.15) is 11.1 Å². The summed E-state index contributed by atoms with van der Waals surface area (Å²) < 4.78 is 32.4. The molecule has 1 aliphatic rings. The van der Waals surface area contributed by atoms with E-state index in [2.05, 4.69) is 12.1 Å². The Hall–Kier alpha value is -2.61. The molecular weight excluding hydrogens is 446 g/mol. The highest BCUT2D eigenvalue weighted by Gasteiger charge is 2.43. The number of ether oxygens (including phenoxy) is 1. The molecule has 31 heavy (non-hydrogen) atoms. The van der Waals surface area contributed by atoms with Crippen LogP contribution in [0.3, 0.4) is 0 Å². The molecule has 1 aromatic heterocycles. The molecule has 0 atom stereocenters. The predicted molar refractivity (Wildman–Crippen MR) is 125 cm³/mol. The van der Waals surface area contributed by atoms with Crippen LogP contribution in [0.4, 0.5) is 0 Å². The Morgan fingerprint density at radius 1 is 0.774 bits per heavy atom. The van der Waals surface area contributed by atoms with Gasteiger partial charge in [-0.2, -0.15) is 0 Å². The minimum Gasteiger partial charge on any atom is -0.497 e. The fraction of sp³-hybridized carbons (Fsp3) is 0.0833. The van der Waals surface area contributed by atoms with Gasteiger partial charge in [0.15, 0.2) is 0 Å². The average molecular weight is 466 g/mol. The lowest BCUT2D eigenvalue weighted by molar-refractivity contribution is 0.414. The minimum atomic E-state index is -3.66. The van der Waals surface area contributed by atoms with Gasteiger partial charge in [-0.05, 0) is 48.0 Å². The van der Waals surface area contributed by atoms with Crippen molar-refractivity contribution in [1.82, 2.24) is 3.97 Å². The molecule has 156 valence electrons. The molecule has 2 heterocycles.